The summed E-state index contributed by atoms with van der Waals surface area (Å²) >= 11 is 3.96. The molecule has 0 aromatic heterocycles. The standard InChI is InChI=1S/C14H24N2OS2/c15-13(17)12-8-10-7-11(18-14(10)19-12)2-1-9-3-5-16-6-4-9/h9-12,14,16H,1-8H2,(H2,15,17). The summed E-state index contributed by atoms with van der Waals surface area (Å²) in [6.45, 7) is 2.42. The number of nitrogens with two attached hydrogens (primary N) is 1. The molecule has 0 saturated carbocycles. The highest BCUT2D eigenvalue weighted by atomic mass is 32.2. The first-order valence-electron chi connectivity index (χ1n) is 7.53. The molecule has 0 aromatic rings. The van der Waals surface area contributed by atoms with Gasteiger partial charge in [-0.25, -0.2) is 0 Å². The molecular weight excluding hydrogens is 276 g/mol. The molecule has 3 fully saturated rings. The number of rotatable bonds is 4. The number of primary amides is 1. The van der Waals surface area contributed by atoms with Crippen molar-refractivity contribution in [2.24, 2.45) is 17.6 Å². The lowest BCUT2D eigenvalue weighted by atomic mass is 9.90. The Morgan fingerprint density at radius 3 is 2.63 bits per heavy atom. The summed E-state index contributed by atoms with van der Waals surface area (Å²) in [7, 11) is 0. The van der Waals surface area contributed by atoms with Gasteiger partial charge in [-0.1, -0.05) is 0 Å². The van der Waals surface area contributed by atoms with Crippen LogP contribution in [-0.2, 0) is 4.79 Å². The second-order valence-corrected chi connectivity index (χ2v) is 9.25. The van der Waals surface area contributed by atoms with E-state index in [-0.39, 0.29) is 11.2 Å². The fourth-order valence-electron chi connectivity index (χ4n) is 3.61. The van der Waals surface area contributed by atoms with Crippen LogP contribution in [-0.4, -0.2) is 34.1 Å². The molecule has 3 nitrogen and oxygen atoms in total. The third kappa shape index (κ3) is 3.42. The van der Waals surface area contributed by atoms with Gasteiger partial charge in [0.05, 0.1) is 9.83 Å². The van der Waals surface area contributed by atoms with Gasteiger partial charge in [-0.3, -0.25) is 4.79 Å². The van der Waals surface area contributed by atoms with E-state index in [0.29, 0.717) is 4.58 Å². The maximum absolute atomic E-state index is 11.2. The fraction of sp³-hybridized carbons (Fsp3) is 0.929. The van der Waals surface area contributed by atoms with E-state index < -0.39 is 0 Å². The number of fused-ring (bicyclic) bond motifs is 1. The van der Waals surface area contributed by atoms with E-state index in [1.54, 1.807) is 0 Å². The summed E-state index contributed by atoms with van der Waals surface area (Å²) in [5.74, 6) is 1.59. The highest BCUT2D eigenvalue weighted by molar-refractivity contribution is 8.18. The number of carbonyl (C=O) groups is 1. The molecule has 3 rings (SSSR count). The highest BCUT2D eigenvalue weighted by Gasteiger charge is 2.44. The van der Waals surface area contributed by atoms with Crippen molar-refractivity contribution in [1.82, 2.24) is 5.32 Å². The van der Waals surface area contributed by atoms with Crippen molar-refractivity contribution >= 4 is 29.4 Å². The maximum Gasteiger partial charge on any atom is 0.230 e. The Balaban J connectivity index is 1.40. The summed E-state index contributed by atoms with van der Waals surface area (Å²) in [4.78, 5) is 11.2. The average molecular weight is 300 g/mol. The molecule has 0 aromatic carbocycles. The van der Waals surface area contributed by atoms with E-state index in [4.69, 9.17) is 5.73 Å². The van der Waals surface area contributed by atoms with Crippen molar-refractivity contribution in [3.63, 3.8) is 0 Å². The predicted molar refractivity (Wildman–Crippen MR) is 83.3 cm³/mol. The molecule has 0 bridgehead atoms. The second kappa shape index (κ2) is 6.27. The van der Waals surface area contributed by atoms with Crippen LogP contribution in [0.15, 0.2) is 0 Å². The van der Waals surface area contributed by atoms with Crippen molar-refractivity contribution in [2.75, 3.05) is 13.1 Å². The number of amides is 1. The predicted octanol–water partition coefficient (Wildman–Crippen LogP) is 2.20. The van der Waals surface area contributed by atoms with Crippen LogP contribution in [0.25, 0.3) is 0 Å². The zero-order chi connectivity index (χ0) is 13.2. The Morgan fingerprint density at radius 1 is 1.16 bits per heavy atom. The van der Waals surface area contributed by atoms with Crippen LogP contribution >= 0.6 is 23.5 Å². The Labute approximate surface area is 124 Å². The van der Waals surface area contributed by atoms with Crippen LogP contribution < -0.4 is 11.1 Å². The van der Waals surface area contributed by atoms with Crippen LogP contribution in [0, 0.1) is 11.8 Å². The van der Waals surface area contributed by atoms with Crippen molar-refractivity contribution in [3.05, 3.63) is 0 Å². The highest BCUT2D eigenvalue weighted by Crippen LogP contribution is 2.54. The molecule has 5 heteroatoms. The molecule has 0 radical (unpaired) electrons. The third-order valence-corrected chi connectivity index (χ3v) is 8.30. The second-order valence-electron chi connectivity index (χ2n) is 6.16. The van der Waals surface area contributed by atoms with Crippen molar-refractivity contribution < 1.29 is 4.79 Å². The first-order chi connectivity index (χ1) is 9.22. The van der Waals surface area contributed by atoms with Crippen LogP contribution in [0.5, 0.6) is 0 Å². The molecule has 0 spiro atoms. The number of piperidine rings is 1. The number of carbonyl (C=O) groups excluding carboxylic acids is 1. The Bertz CT molecular complexity index is 319. The largest absolute Gasteiger partial charge is 0.369 e. The van der Waals surface area contributed by atoms with Gasteiger partial charge in [-0.15, -0.1) is 23.5 Å². The van der Waals surface area contributed by atoms with Crippen molar-refractivity contribution in [2.45, 2.75) is 53.6 Å². The lowest BCUT2D eigenvalue weighted by Gasteiger charge is -2.23. The first kappa shape index (κ1) is 14.1. The molecule has 4 atom stereocenters. The molecule has 3 saturated heterocycles. The normalized spacial score (nSPS) is 39.4. The van der Waals surface area contributed by atoms with Gasteiger partial charge in [-0.2, -0.15) is 0 Å². The van der Waals surface area contributed by atoms with Crippen molar-refractivity contribution in [3.8, 4) is 0 Å². The van der Waals surface area contributed by atoms with Gasteiger partial charge in [-0.05, 0) is 63.5 Å². The third-order valence-electron chi connectivity index (χ3n) is 4.77. The van der Waals surface area contributed by atoms with Gasteiger partial charge in [0.25, 0.3) is 0 Å². The summed E-state index contributed by atoms with van der Waals surface area (Å²) in [5, 5.41) is 4.37. The van der Waals surface area contributed by atoms with Crippen LogP contribution in [0.4, 0.5) is 0 Å². The quantitative estimate of drug-likeness (QED) is 0.836. The Hall–Kier alpha value is 0.130. The Kier molecular flexibility index (Phi) is 4.65. The van der Waals surface area contributed by atoms with Gasteiger partial charge >= 0.3 is 0 Å². The molecule has 1 amide bonds. The number of thioether (sulfide) groups is 2. The molecule has 0 aliphatic carbocycles. The number of hydrogen-bond donors (Lipinski definition) is 2. The van der Waals surface area contributed by atoms with Crippen LogP contribution in [0.2, 0.25) is 0 Å². The lowest BCUT2D eigenvalue weighted by molar-refractivity contribution is -0.117. The van der Waals surface area contributed by atoms with E-state index in [1.165, 1.54) is 45.2 Å². The average Bonchev–Trinajstić information content (AvgIpc) is 2.95. The molecule has 4 unspecified atom stereocenters. The maximum atomic E-state index is 11.2. The SMILES string of the molecule is NC(=O)C1CC2CC(CCC3CCNCC3)SC2S1. The number of hydrogen-bond acceptors (Lipinski definition) is 4. The van der Waals surface area contributed by atoms with E-state index in [9.17, 15) is 4.79 Å². The smallest absolute Gasteiger partial charge is 0.230 e. The van der Waals surface area contributed by atoms with E-state index in [2.05, 4.69) is 17.1 Å². The zero-order valence-electron chi connectivity index (χ0n) is 11.3. The van der Waals surface area contributed by atoms with E-state index in [1.807, 2.05) is 11.8 Å². The molecule has 3 N–H and O–H groups in total. The van der Waals surface area contributed by atoms with Crippen LogP contribution in [0.1, 0.15) is 38.5 Å². The zero-order valence-corrected chi connectivity index (χ0v) is 13.0. The van der Waals surface area contributed by atoms with Crippen LogP contribution in [0.3, 0.4) is 0 Å². The van der Waals surface area contributed by atoms with Gasteiger partial charge in [0, 0.05) is 5.25 Å². The lowest BCUT2D eigenvalue weighted by Crippen LogP contribution is -2.28. The minimum absolute atomic E-state index is 0.0906. The van der Waals surface area contributed by atoms with Gasteiger partial charge in [0.15, 0.2) is 0 Å². The summed E-state index contributed by atoms with van der Waals surface area (Å²) < 4.78 is 0.649. The van der Waals surface area contributed by atoms with Crippen molar-refractivity contribution in [1.29, 1.82) is 0 Å². The molecule has 3 aliphatic heterocycles. The van der Waals surface area contributed by atoms with E-state index >= 15 is 0 Å². The van der Waals surface area contributed by atoms with Gasteiger partial charge < -0.3 is 11.1 Å². The molecule has 3 heterocycles. The number of nitrogens with one attached hydrogen (secondary N) is 1. The molecule has 108 valence electrons. The molecular formula is C14H24N2OS2. The summed E-state index contributed by atoms with van der Waals surface area (Å²) in [6.07, 6.45) is 7.86. The summed E-state index contributed by atoms with van der Waals surface area (Å²) in [6, 6.07) is 0. The van der Waals surface area contributed by atoms with E-state index in [0.717, 1.165) is 23.5 Å². The molecule has 19 heavy (non-hydrogen) atoms. The summed E-state index contributed by atoms with van der Waals surface area (Å²) in [5.41, 5.74) is 5.42. The minimum Gasteiger partial charge on any atom is -0.369 e. The fourth-order valence-corrected chi connectivity index (χ4v) is 7.45. The Morgan fingerprint density at radius 2 is 1.95 bits per heavy atom. The van der Waals surface area contributed by atoms with Gasteiger partial charge in [0.2, 0.25) is 5.91 Å². The molecule has 3 aliphatic rings. The first-order valence-corrected chi connectivity index (χ1v) is 9.42. The minimum atomic E-state index is -0.105. The monoisotopic (exact) mass is 300 g/mol. The topological polar surface area (TPSA) is 55.1 Å². The van der Waals surface area contributed by atoms with Gasteiger partial charge in [0.1, 0.15) is 0 Å².